The maximum Gasteiger partial charge on any atom is 0.00723 e. The third-order valence-corrected chi connectivity index (χ3v) is 6.82. The number of hydrogen-bond donors (Lipinski definition) is 1. The molecule has 4 atom stereocenters. The molecule has 0 amide bonds. The van der Waals surface area contributed by atoms with E-state index < -0.39 is 0 Å². The Kier molecular flexibility index (Phi) is 7.11. The summed E-state index contributed by atoms with van der Waals surface area (Å²) >= 11 is 0. The molecule has 3 fully saturated rings. The maximum atomic E-state index is 4.13. The molecule has 1 N–H and O–H groups in total. The molecule has 1 heterocycles. The predicted molar refractivity (Wildman–Crippen MR) is 96.2 cm³/mol. The second kappa shape index (κ2) is 9.30. The number of fused-ring (bicyclic) bond motifs is 5. The lowest BCUT2D eigenvalue weighted by molar-refractivity contribution is 0.247. The van der Waals surface area contributed by atoms with Crippen molar-refractivity contribution in [2.75, 3.05) is 0 Å². The number of rotatable bonds is 0. The smallest absolute Gasteiger partial charge is 0.00723 e. The molecule has 4 bridgehead atoms. The molecule has 2 saturated carbocycles. The summed E-state index contributed by atoms with van der Waals surface area (Å²) in [4.78, 5) is 0. The van der Waals surface area contributed by atoms with Gasteiger partial charge in [0.15, 0.2) is 0 Å². The van der Waals surface area contributed by atoms with Gasteiger partial charge in [-0.2, -0.15) is 0 Å². The molecule has 22 heavy (non-hydrogen) atoms. The highest BCUT2D eigenvalue weighted by Gasteiger charge is 2.31. The lowest BCUT2D eigenvalue weighted by Gasteiger charge is -2.28. The molecule has 1 nitrogen and oxygen atoms in total. The minimum atomic E-state index is 0.846. The van der Waals surface area contributed by atoms with E-state index in [4.69, 9.17) is 0 Å². The van der Waals surface area contributed by atoms with Crippen LogP contribution in [0.3, 0.4) is 0 Å². The molecular formula is C21H39N. The Balaban J connectivity index is 1.69. The first-order valence-electron chi connectivity index (χ1n) is 10.7. The lowest BCUT2D eigenvalue weighted by Crippen LogP contribution is -2.37. The van der Waals surface area contributed by atoms with Crippen molar-refractivity contribution in [2.24, 2.45) is 11.8 Å². The summed E-state index contributed by atoms with van der Waals surface area (Å²) in [7, 11) is 0. The van der Waals surface area contributed by atoms with Crippen LogP contribution in [0.4, 0.5) is 0 Å². The van der Waals surface area contributed by atoms with Crippen LogP contribution < -0.4 is 5.32 Å². The Morgan fingerprint density at radius 2 is 0.773 bits per heavy atom. The van der Waals surface area contributed by atoms with Gasteiger partial charge in [0.25, 0.3) is 0 Å². The Labute approximate surface area is 139 Å². The summed E-state index contributed by atoms with van der Waals surface area (Å²) in [5, 5.41) is 4.13. The van der Waals surface area contributed by atoms with Crippen LogP contribution in [0.2, 0.25) is 0 Å². The van der Waals surface area contributed by atoms with Gasteiger partial charge >= 0.3 is 0 Å². The highest BCUT2D eigenvalue weighted by molar-refractivity contribution is 4.88. The van der Waals surface area contributed by atoms with Gasteiger partial charge in [0.1, 0.15) is 0 Å². The van der Waals surface area contributed by atoms with Crippen LogP contribution in [0.1, 0.15) is 109 Å². The van der Waals surface area contributed by atoms with Crippen molar-refractivity contribution in [3.05, 3.63) is 0 Å². The molecule has 0 aromatic carbocycles. The summed E-state index contributed by atoms with van der Waals surface area (Å²) in [6.07, 6.45) is 25.4. The zero-order valence-electron chi connectivity index (χ0n) is 14.8. The Hall–Kier alpha value is -0.0400. The van der Waals surface area contributed by atoms with E-state index >= 15 is 0 Å². The Bertz CT molecular complexity index is 300. The second-order valence-corrected chi connectivity index (χ2v) is 8.60. The fraction of sp³-hybridized carbons (Fsp3) is 1.00. The van der Waals surface area contributed by atoms with Crippen LogP contribution in [-0.4, -0.2) is 12.1 Å². The van der Waals surface area contributed by atoms with Crippen LogP contribution in [0.5, 0.6) is 0 Å². The summed E-state index contributed by atoms with van der Waals surface area (Å²) < 4.78 is 0. The average molecular weight is 306 g/mol. The van der Waals surface area contributed by atoms with E-state index in [1.807, 2.05) is 0 Å². The Morgan fingerprint density at radius 3 is 1.23 bits per heavy atom. The maximum absolute atomic E-state index is 4.13. The molecule has 0 spiro atoms. The van der Waals surface area contributed by atoms with E-state index in [1.165, 1.54) is 109 Å². The minimum Gasteiger partial charge on any atom is -0.311 e. The summed E-state index contributed by atoms with van der Waals surface area (Å²) in [6, 6.07) is 1.69. The zero-order chi connectivity index (χ0) is 15.0. The summed E-state index contributed by atoms with van der Waals surface area (Å²) in [5.41, 5.74) is 0. The van der Waals surface area contributed by atoms with Gasteiger partial charge in [-0.1, -0.05) is 83.5 Å². The molecule has 3 rings (SSSR count). The van der Waals surface area contributed by atoms with Gasteiger partial charge in [0, 0.05) is 12.1 Å². The van der Waals surface area contributed by atoms with Crippen molar-refractivity contribution < 1.29 is 0 Å². The van der Waals surface area contributed by atoms with E-state index in [2.05, 4.69) is 5.32 Å². The van der Waals surface area contributed by atoms with E-state index in [-0.39, 0.29) is 0 Å². The molecule has 0 aromatic heterocycles. The molecule has 1 aliphatic heterocycles. The molecule has 1 heteroatoms. The molecule has 1 saturated heterocycles. The topological polar surface area (TPSA) is 12.0 Å². The van der Waals surface area contributed by atoms with Gasteiger partial charge in [0.05, 0.1) is 0 Å². The van der Waals surface area contributed by atoms with E-state index in [0.717, 1.165) is 23.9 Å². The van der Waals surface area contributed by atoms with Crippen molar-refractivity contribution in [3.8, 4) is 0 Å². The average Bonchev–Trinajstić information content (AvgIpc) is 2.71. The first kappa shape index (κ1) is 16.8. The number of nitrogens with one attached hydrogen (secondary N) is 1. The molecule has 3 aliphatic rings. The van der Waals surface area contributed by atoms with Gasteiger partial charge in [0.2, 0.25) is 0 Å². The molecule has 0 aromatic rings. The van der Waals surface area contributed by atoms with Gasteiger partial charge in [-0.15, -0.1) is 0 Å². The SMILES string of the molecule is C1CCCCC2CC(CCC1)NC1CCCCCCCC2C1. The van der Waals surface area contributed by atoms with Gasteiger partial charge in [-0.05, 0) is 37.5 Å². The highest BCUT2D eigenvalue weighted by atomic mass is 15.0. The standard InChI is InChI=1S/C21H39N/c1-2-6-10-14-20-16-18(12-8-4-1)19-13-9-5-3-7-11-15-21(17-19)22-20/h18-22H,1-17H2. The molecular weight excluding hydrogens is 266 g/mol. The highest BCUT2D eigenvalue weighted by Crippen LogP contribution is 2.37. The fourth-order valence-corrected chi connectivity index (χ4v) is 5.53. The largest absolute Gasteiger partial charge is 0.311 e. The van der Waals surface area contributed by atoms with Crippen molar-refractivity contribution in [1.82, 2.24) is 5.32 Å². The van der Waals surface area contributed by atoms with Crippen molar-refractivity contribution >= 4 is 0 Å². The van der Waals surface area contributed by atoms with Crippen LogP contribution in [-0.2, 0) is 0 Å². The third kappa shape index (κ3) is 5.25. The van der Waals surface area contributed by atoms with Gasteiger partial charge in [-0.3, -0.25) is 0 Å². The fourth-order valence-electron chi connectivity index (χ4n) is 5.53. The normalized spacial score (nSPS) is 39.3. The first-order valence-corrected chi connectivity index (χ1v) is 10.7. The first-order chi connectivity index (χ1) is 10.9. The van der Waals surface area contributed by atoms with Crippen molar-refractivity contribution in [1.29, 1.82) is 0 Å². The van der Waals surface area contributed by atoms with Crippen LogP contribution in [0, 0.1) is 11.8 Å². The minimum absolute atomic E-state index is 0.846. The third-order valence-electron chi connectivity index (χ3n) is 6.82. The van der Waals surface area contributed by atoms with E-state index in [9.17, 15) is 0 Å². The van der Waals surface area contributed by atoms with Crippen molar-refractivity contribution in [3.63, 3.8) is 0 Å². The monoisotopic (exact) mass is 305 g/mol. The van der Waals surface area contributed by atoms with Gasteiger partial charge < -0.3 is 5.32 Å². The van der Waals surface area contributed by atoms with Crippen LogP contribution in [0.25, 0.3) is 0 Å². The van der Waals surface area contributed by atoms with E-state index in [1.54, 1.807) is 0 Å². The molecule has 4 unspecified atom stereocenters. The number of hydrogen-bond acceptors (Lipinski definition) is 1. The van der Waals surface area contributed by atoms with Gasteiger partial charge in [-0.25, -0.2) is 0 Å². The second-order valence-electron chi connectivity index (χ2n) is 8.60. The molecule has 2 aliphatic carbocycles. The zero-order valence-corrected chi connectivity index (χ0v) is 14.8. The van der Waals surface area contributed by atoms with Crippen LogP contribution >= 0.6 is 0 Å². The summed E-state index contributed by atoms with van der Waals surface area (Å²) in [5.74, 6) is 2.08. The predicted octanol–water partition coefficient (Wildman–Crippen LogP) is 6.22. The van der Waals surface area contributed by atoms with Crippen LogP contribution in [0.15, 0.2) is 0 Å². The molecule has 0 radical (unpaired) electrons. The van der Waals surface area contributed by atoms with Crippen molar-refractivity contribution in [2.45, 2.75) is 121 Å². The summed E-state index contributed by atoms with van der Waals surface area (Å²) in [6.45, 7) is 0. The quantitative estimate of drug-likeness (QED) is 0.560. The lowest BCUT2D eigenvalue weighted by atomic mass is 9.77. The Morgan fingerprint density at radius 1 is 0.409 bits per heavy atom. The van der Waals surface area contributed by atoms with E-state index in [0.29, 0.717) is 0 Å². The molecule has 128 valence electrons.